The van der Waals surface area contributed by atoms with E-state index in [2.05, 4.69) is 56.9 Å². The Bertz CT molecular complexity index is 1160. The van der Waals surface area contributed by atoms with Gasteiger partial charge in [0.25, 0.3) is 0 Å². The molecular formula is C22H25N7O. The molecule has 4 aromatic rings. The van der Waals surface area contributed by atoms with E-state index in [9.17, 15) is 4.79 Å². The maximum Gasteiger partial charge on any atom is 0.346 e. The molecule has 0 amide bonds. The third kappa shape index (κ3) is 3.94. The van der Waals surface area contributed by atoms with E-state index < -0.39 is 0 Å². The molecular weight excluding hydrogens is 378 g/mol. The van der Waals surface area contributed by atoms with Crippen molar-refractivity contribution in [3.05, 3.63) is 70.4 Å². The van der Waals surface area contributed by atoms with Crippen LogP contribution in [0.4, 0.5) is 0 Å². The normalized spacial score (nSPS) is 11.1. The van der Waals surface area contributed by atoms with Gasteiger partial charge < -0.3 is 0 Å². The van der Waals surface area contributed by atoms with Crippen molar-refractivity contribution in [3.8, 4) is 22.5 Å². The summed E-state index contributed by atoms with van der Waals surface area (Å²) in [5.74, 6) is 1.39. The molecule has 0 aliphatic carbocycles. The summed E-state index contributed by atoms with van der Waals surface area (Å²) in [4.78, 5) is 12.8. The van der Waals surface area contributed by atoms with Crippen molar-refractivity contribution in [2.45, 2.75) is 46.2 Å². The monoisotopic (exact) mass is 403 g/mol. The average molecular weight is 403 g/mol. The largest absolute Gasteiger partial charge is 0.346 e. The van der Waals surface area contributed by atoms with Crippen molar-refractivity contribution in [2.24, 2.45) is 0 Å². The number of H-pyrrole nitrogens is 1. The van der Waals surface area contributed by atoms with Crippen molar-refractivity contribution < 1.29 is 0 Å². The van der Waals surface area contributed by atoms with Crippen LogP contribution >= 0.6 is 0 Å². The molecule has 0 aliphatic rings. The third-order valence-electron chi connectivity index (χ3n) is 5.16. The minimum absolute atomic E-state index is 0.0353. The van der Waals surface area contributed by atoms with Crippen molar-refractivity contribution >= 4 is 0 Å². The molecule has 2 aromatic carbocycles. The van der Waals surface area contributed by atoms with Crippen LogP contribution in [0.5, 0.6) is 0 Å². The molecule has 0 bridgehead atoms. The van der Waals surface area contributed by atoms with Crippen LogP contribution < -0.4 is 5.69 Å². The van der Waals surface area contributed by atoms with Gasteiger partial charge in [-0.05, 0) is 28.3 Å². The Balaban J connectivity index is 1.61. The SMILES string of the molecule is CCCCn1nc(CC)n(Cc2ccc(-c3ccccc3-c3nn[nH]n3)cc2)c1=O. The Morgan fingerprint density at radius 2 is 1.77 bits per heavy atom. The van der Waals surface area contributed by atoms with Gasteiger partial charge >= 0.3 is 5.69 Å². The van der Waals surface area contributed by atoms with Crippen molar-refractivity contribution in [3.63, 3.8) is 0 Å². The number of aromatic nitrogens is 7. The molecule has 8 heteroatoms. The summed E-state index contributed by atoms with van der Waals surface area (Å²) in [5.41, 5.74) is 4.03. The lowest BCUT2D eigenvalue weighted by molar-refractivity contribution is 0.544. The van der Waals surface area contributed by atoms with Gasteiger partial charge in [-0.15, -0.1) is 10.2 Å². The van der Waals surface area contributed by atoms with Crippen molar-refractivity contribution in [1.29, 1.82) is 0 Å². The highest BCUT2D eigenvalue weighted by molar-refractivity contribution is 5.80. The molecule has 0 aliphatic heterocycles. The van der Waals surface area contributed by atoms with Crippen LogP contribution in [0.2, 0.25) is 0 Å². The first kappa shape index (κ1) is 19.8. The minimum atomic E-state index is -0.0353. The molecule has 0 saturated carbocycles. The van der Waals surface area contributed by atoms with Crippen LogP contribution in [0.25, 0.3) is 22.5 Å². The highest BCUT2D eigenvalue weighted by Gasteiger charge is 2.13. The Hall–Kier alpha value is -3.55. The van der Waals surface area contributed by atoms with E-state index in [0.29, 0.717) is 18.9 Å². The number of aryl methyl sites for hydroxylation is 2. The molecule has 2 aromatic heterocycles. The Morgan fingerprint density at radius 3 is 2.43 bits per heavy atom. The van der Waals surface area contributed by atoms with Gasteiger partial charge in [-0.2, -0.15) is 10.3 Å². The van der Waals surface area contributed by atoms with E-state index in [1.807, 2.05) is 31.2 Å². The Labute approximate surface area is 174 Å². The van der Waals surface area contributed by atoms with Crippen LogP contribution in [-0.2, 0) is 19.5 Å². The number of benzene rings is 2. The third-order valence-corrected chi connectivity index (χ3v) is 5.16. The highest BCUT2D eigenvalue weighted by atomic mass is 16.2. The zero-order valence-electron chi connectivity index (χ0n) is 17.2. The number of tetrazole rings is 1. The average Bonchev–Trinajstić information content (AvgIpc) is 3.42. The van der Waals surface area contributed by atoms with Gasteiger partial charge in [0.2, 0.25) is 5.82 Å². The summed E-state index contributed by atoms with van der Waals surface area (Å²) in [6.07, 6.45) is 2.71. The molecule has 30 heavy (non-hydrogen) atoms. The maximum atomic E-state index is 12.8. The van der Waals surface area contributed by atoms with E-state index in [0.717, 1.165) is 47.3 Å². The lowest BCUT2D eigenvalue weighted by Gasteiger charge is -2.09. The minimum Gasteiger partial charge on any atom is -0.274 e. The molecule has 0 spiro atoms. The highest BCUT2D eigenvalue weighted by Crippen LogP contribution is 2.29. The molecule has 0 unspecified atom stereocenters. The number of unbranched alkanes of at least 4 members (excludes halogenated alkanes) is 1. The standard InChI is InChI=1S/C22H25N7O/c1-3-5-14-29-22(30)28(20(4-2)25-29)15-16-10-12-17(13-11-16)18-8-6-7-9-19(18)21-23-26-27-24-21/h6-13H,3-5,14-15H2,1-2H3,(H,23,24,26,27). The molecule has 0 saturated heterocycles. The summed E-state index contributed by atoms with van der Waals surface area (Å²) in [7, 11) is 0. The first-order valence-electron chi connectivity index (χ1n) is 10.3. The zero-order chi connectivity index (χ0) is 20.9. The van der Waals surface area contributed by atoms with Gasteiger partial charge in [-0.1, -0.05) is 68.8 Å². The number of rotatable bonds is 8. The molecule has 8 nitrogen and oxygen atoms in total. The molecule has 2 heterocycles. The second-order valence-electron chi connectivity index (χ2n) is 7.19. The quantitative estimate of drug-likeness (QED) is 0.487. The summed E-state index contributed by atoms with van der Waals surface area (Å²) in [6.45, 7) is 5.32. The van der Waals surface area contributed by atoms with E-state index in [-0.39, 0.29) is 5.69 Å². The zero-order valence-corrected chi connectivity index (χ0v) is 17.2. The van der Waals surface area contributed by atoms with Gasteiger partial charge in [0.1, 0.15) is 5.82 Å². The smallest absolute Gasteiger partial charge is 0.274 e. The van der Waals surface area contributed by atoms with Crippen LogP contribution in [-0.4, -0.2) is 35.0 Å². The van der Waals surface area contributed by atoms with Gasteiger partial charge in [-0.3, -0.25) is 4.57 Å². The van der Waals surface area contributed by atoms with Gasteiger partial charge in [-0.25, -0.2) is 9.48 Å². The summed E-state index contributed by atoms with van der Waals surface area (Å²) < 4.78 is 3.37. The van der Waals surface area contributed by atoms with E-state index >= 15 is 0 Å². The fourth-order valence-electron chi connectivity index (χ4n) is 3.54. The summed E-state index contributed by atoms with van der Waals surface area (Å²) in [5, 5.41) is 18.9. The fraction of sp³-hybridized carbons (Fsp3) is 0.318. The number of hydrogen-bond donors (Lipinski definition) is 1. The van der Waals surface area contributed by atoms with E-state index in [1.165, 1.54) is 0 Å². The number of nitrogens with one attached hydrogen (secondary N) is 1. The lowest BCUT2D eigenvalue weighted by Crippen LogP contribution is -2.26. The molecule has 154 valence electrons. The summed E-state index contributed by atoms with van der Waals surface area (Å²) in [6, 6.07) is 16.2. The number of aromatic amines is 1. The second-order valence-corrected chi connectivity index (χ2v) is 7.19. The van der Waals surface area contributed by atoms with Gasteiger partial charge in [0.05, 0.1) is 6.54 Å². The van der Waals surface area contributed by atoms with Crippen LogP contribution in [0.1, 0.15) is 38.1 Å². The number of hydrogen-bond acceptors (Lipinski definition) is 5. The predicted molar refractivity (Wildman–Crippen MR) is 115 cm³/mol. The lowest BCUT2D eigenvalue weighted by atomic mass is 9.98. The van der Waals surface area contributed by atoms with Crippen LogP contribution in [0.3, 0.4) is 0 Å². The first-order chi connectivity index (χ1) is 14.7. The maximum absolute atomic E-state index is 12.8. The molecule has 0 atom stereocenters. The Kier molecular flexibility index (Phi) is 5.83. The van der Waals surface area contributed by atoms with E-state index in [4.69, 9.17) is 0 Å². The van der Waals surface area contributed by atoms with Crippen molar-refractivity contribution in [1.82, 2.24) is 35.0 Å². The topological polar surface area (TPSA) is 94.3 Å². The predicted octanol–water partition coefficient (Wildman–Crippen LogP) is 3.30. The van der Waals surface area contributed by atoms with Gasteiger partial charge in [0.15, 0.2) is 0 Å². The first-order valence-corrected chi connectivity index (χ1v) is 10.3. The van der Waals surface area contributed by atoms with Crippen LogP contribution in [0.15, 0.2) is 53.3 Å². The van der Waals surface area contributed by atoms with E-state index in [1.54, 1.807) is 9.25 Å². The molecule has 4 rings (SSSR count). The second kappa shape index (κ2) is 8.86. The van der Waals surface area contributed by atoms with Gasteiger partial charge in [0, 0.05) is 18.5 Å². The Morgan fingerprint density at radius 1 is 1.00 bits per heavy atom. The fourth-order valence-corrected chi connectivity index (χ4v) is 3.54. The molecule has 1 N–H and O–H groups in total. The molecule has 0 fully saturated rings. The molecule has 0 radical (unpaired) electrons. The van der Waals surface area contributed by atoms with Crippen molar-refractivity contribution in [2.75, 3.05) is 0 Å². The number of nitrogens with zero attached hydrogens (tertiary/aromatic N) is 6. The summed E-state index contributed by atoms with van der Waals surface area (Å²) >= 11 is 0. The van der Waals surface area contributed by atoms with Crippen LogP contribution in [0, 0.1) is 0 Å².